The fourth-order valence-corrected chi connectivity index (χ4v) is 6.08. The van der Waals surface area contributed by atoms with Crippen LogP contribution in [0.4, 0.5) is 15.2 Å². The smallest absolute Gasteiger partial charge is 0.281 e. The third kappa shape index (κ3) is 5.43. The lowest BCUT2D eigenvalue weighted by molar-refractivity contribution is 0.373. The molecule has 1 fully saturated rings. The van der Waals surface area contributed by atoms with E-state index >= 15 is 0 Å². The van der Waals surface area contributed by atoms with E-state index in [9.17, 15) is 17.9 Å². The van der Waals surface area contributed by atoms with E-state index < -0.39 is 15.8 Å². The molecule has 2 heterocycles. The van der Waals surface area contributed by atoms with Crippen molar-refractivity contribution in [3.63, 3.8) is 0 Å². The molecule has 12 heteroatoms. The predicted molar refractivity (Wildman–Crippen MR) is 141 cm³/mol. The number of thiazole rings is 1. The summed E-state index contributed by atoms with van der Waals surface area (Å²) in [5.74, 6) is 0.0104. The summed E-state index contributed by atoms with van der Waals surface area (Å²) >= 11 is 7.20. The monoisotopic (exact) mass is 558 g/mol. The van der Waals surface area contributed by atoms with Crippen molar-refractivity contribution in [1.29, 1.82) is 0 Å². The Hall–Kier alpha value is -3.54. The second-order valence-corrected chi connectivity index (χ2v) is 11.3. The Morgan fingerprint density at radius 3 is 2.73 bits per heavy atom. The van der Waals surface area contributed by atoms with Crippen LogP contribution in [0.1, 0.15) is 29.2 Å². The van der Waals surface area contributed by atoms with Gasteiger partial charge < -0.3 is 9.84 Å². The molecule has 1 aliphatic carbocycles. The van der Waals surface area contributed by atoms with Crippen LogP contribution in [-0.2, 0) is 10.0 Å². The zero-order valence-corrected chi connectivity index (χ0v) is 21.7. The summed E-state index contributed by atoms with van der Waals surface area (Å²) in [6, 6.07) is 12.2. The first-order valence-electron chi connectivity index (χ1n) is 11.1. The Morgan fingerprint density at radius 2 is 2.05 bits per heavy atom. The highest BCUT2D eigenvalue weighted by Gasteiger charge is 2.31. The van der Waals surface area contributed by atoms with Crippen molar-refractivity contribution in [2.45, 2.75) is 23.8 Å². The highest BCUT2D eigenvalue weighted by molar-refractivity contribution is 7.92. The molecule has 0 radical (unpaired) electrons. The number of aromatic hydroxyl groups is 1. The fourth-order valence-electron chi connectivity index (χ4n) is 3.58. The van der Waals surface area contributed by atoms with Crippen LogP contribution < -0.4 is 9.46 Å². The zero-order valence-electron chi connectivity index (χ0n) is 19.4. The molecular weight excluding hydrogens is 539 g/mol. The lowest BCUT2D eigenvalue weighted by atomic mass is 10.1. The maximum absolute atomic E-state index is 13.6. The molecular formula is C25H20ClFN4O4S2. The van der Waals surface area contributed by atoms with Crippen LogP contribution >= 0.6 is 22.9 Å². The standard InChI is InChI=1S/C25H20ClFN4O4S2/c1-35-20-4-2-3-16(23(20)32)12-28-17-8-10-21(29-13-17)37(33,34)31-25-30-22(24(36-25)14-5-6-14)15-7-9-19(27)18(26)11-15/h2-4,7-14,32H,5-6H2,1H3,(H,30,31)/b28-12+. The van der Waals surface area contributed by atoms with Crippen LogP contribution in [0.3, 0.4) is 0 Å². The van der Waals surface area contributed by atoms with Gasteiger partial charge in [0.2, 0.25) is 0 Å². The normalized spacial score (nSPS) is 13.7. The van der Waals surface area contributed by atoms with Crippen molar-refractivity contribution in [3.8, 4) is 22.8 Å². The third-order valence-electron chi connectivity index (χ3n) is 5.62. The summed E-state index contributed by atoms with van der Waals surface area (Å²) in [5.41, 5.74) is 2.04. The van der Waals surface area contributed by atoms with Crippen molar-refractivity contribution in [1.82, 2.24) is 9.97 Å². The van der Waals surface area contributed by atoms with Crippen LogP contribution in [0.25, 0.3) is 11.3 Å². The number of aliphatic imine (C=N–C) groups is 1. The van der Waals surface area contributed by atoms with E-state index in [1.807, 2.05) is 0 Å². The Bertz CT molecular complexity index is 1600. The van der Waals surface area contributed by atoms with Crippen molar-refractivity contribution < 1.29 is 22.7 Å². The van der Waals surface area contributed by atoms with E-state index in [0.29, 0.717) is 28.3 Å². The number of aromatic nitrogens is 2. The van der Waals surface area contributed by atoms with Crippen molar-refractivity contribution in [2.24, 2.45) is 4.99 Å². The van der Waals surface area contributed by atoms with E-state index in [0.717, 1.165) is 17.7 Å². The number of anilines is 1. The molecule has 0 bridgehead atoms. The van der Waals surface area contributed by atoms with Gasteiger partial charge in [-0.1, -0.05) is 17.7 Å². The van der Waals surface area contributed by atoms with Crippen LogP contribution in [0.2, 0.25) is 5.02 Å². The Labute approximate surface area is 221 Å². The Kier molecular flexibility index (Phi) is 6.84. The minimum Gasteiger partial charge on any atom is -0.504 e. The molecule has 2 N–H and O–H groups in total. The van der Waals surface area contributed by atoms with E-state index in [2.05, 4.69) is 19.7 Å². The number of rotatable bonds is 8. The number of nitrogens with zero attached hydrogens (tertiary/aromatic N) is 3. The zero-order chi connectivity index (χ0) is 26.2. The topological polar surface area (TPSA) is 114 Å². The van der Waals surface area contributed by atoms with Crippen LogP contribution in [0, 0.1) is 5.82 Å². The first-order valence-corrected chi connectivity index (χ1v) is 13.8. The minimum atomic E-state index is -4.03. The van der Waals surface area contributed by atoms with Crippen molar-refractivity contribution in [2.75, 3.05) is 11.8 Å². The number of nitrogens with one attached hydrogen (secondary N) is 1. The SMILES string of the molecule is COc1cccc(/C=N/c2ccc(S(=O)(=O)Nc3nc(-c4ccc(F)c(Cl)c4)c(C4CC4)s3)nc2)c1O. The molecule has 4 aromatic rings. The van der Waals surface area contributed by atoms with Gasteiger partial charge in [-0.3, -0.25) is 9.71 Å². The molecule has 0 atom stereocenters. The summed E-state index contributed by atoms with van der Waals surface area (Å²) in [6.07, 6.45) is 4.70. The molecule has 8 nitrogen and oxygen atoms in total. The molecule has 0 amide bonds. The summed E-state index contributed by atoms with van der Waals surface area (Å²) < 4.78 is 47.2. The van der Waals surface area contributed by atoms with Gasteiger partial charge in [0, 0.05) is 22.2 Å². The number of pyridine rings is 1. The summed E-state index contributed by atoms with van der Waals surface area (Å²) in [7, 11) is -2.58. The first-order chi connectivity index (χ1) is 17.7. The van der Waals surface area contributed by atoms with E-state index in [-0.39, 0.29) is 26.8 Å². The van der Waals surface area contributed by atoms with Crippen molar-refractivity contribution >= 4 is 50.0 Å². The fraction of sp³-hybridized carbons (Fsp3) is 0.160. The molecule has 0 saturated heterocycles. The highest BCUT2D eigenvalue weighted by Crippen LogP contribution is 2.48. The number of methoxy groups -OCH3 is 1. The van der Waals surface area contributed by atoms with Gasteiger partial charge in [-0.05, 0) is 61.2 Å². The molecule has 5 rings (SSSR count). The van der Waals surface area contributed by atoms with Crippen LogP contribution in [0.15, 0.2) is 64.7 Å². The quantitative estimate of drug-likeness (QED) is 0.251. The maximum atomic E-state index is 13.6. The second-order valence-electron chi connectivity index (χ2n) is 8.25. The number of phenolic OH excluding ortho intramolecular Hbond substituents is 1. The van der Waals surface area contributed by atoms with Gasteiger partial charge in [0.15, 0.2) is 21.7 Å². The van der Waals surface area contributed by atoms with E-state index in [1.165, 1.54) is 55.1 Å². The molecule has 37 heavy (non-hydrogen) atoms. The van der Waals surface area contributed by atoms with Gasteiger partial charge in [0.25, 0.3) is 10.0 Å². The van der Waals surface area contributed by atoms with E-state index in [4.69, 9.17) is 16.3 Å². The average molecular weight is 559 g/mol. The number of ether oxygens (including phenoxy) is 1. The molecule has 0 unspecified atom stereocenters. The number of phenols is 1. The second kappa shape index (κ2) is 10.1. The number of benzene rings is 2. The van der Waals surface area contributed by atoms with Gasteiger partial charge in [0.05, 0.1) is 29.7 Å². The van der Waals surface area contributed by atoms with Gasteiger partial charge >= 0.3 is 0 Å². The Balaban J connectivity index is 1.36. The lowest BCUT2D eigenvalue weighted by Crippen LogP contribution is -2.14. The maximum Gasteiger partial charge on any atom is 0.281 e. The average Bonchev–Trinajstić information content (AvgIpc) is 3.65. The summed E-state index contributed by atoms with van der Waals surface area (Å²) in [6.45, 7) is 0. The third-order valence-corrected chi connectivity index (χ3v) is 8.42. The molecule has 0 aliphatic heterocycles. The molecule has 1 aliphatic rings. The van der Waals surface area contributed by atoms with Crippen LogP contribution in [-0.4, -0.2) is 36.8 Å². The van der Waals surface area contributed by atoms with Gasteiger partial charge in [-0.2, -0.15) is 8.42 Å². The minimum absolute atomic E-state index is 0.0251. The number of hydrogen-bond acceptors (Lipinski definition) is 8. The molecule has 2 aromatic carbocycles. The Morgan fingerprint density at radius 1 is 1.24 bits per heavy atom. The van der Waals surface area contributed by atoms with E-state index in [1.54, 1.807) is 24.3 Å². The molecule has 1 saturated carbocycles. The number of halogens is 2. The largest absolute Gasteiger partial charge is 0.504 e. The summed E-state index contributed by atoms with van der Waals surface area (Å²) in [4.78, 5) is 13.7. The highest BCUT2D eigenvalue weighted by atomic mass is 35.5. The van der Waals surface area contributed by atoms with Crippen LogP contribution in [0.5, 0.6) is 11.5 Å². The number of para-hydroxylation sites is 1. The van der Waals surface area contributed by atoms with Gasteiger partial charge in [-0.25, -0.2) is 14.4 Å². The summed E-state index contributed by atoms with van der Waals surface area (Å²) in [5, 5.41) is 10.1. The molecule has 0 spiro atoms. The van der Waals surface area contributed by atoms with Crippen molar-refractivity contribution in [3.05, 3.63) is 76.0 Å². The molecule has 190 valence electrons. The van der Waals surface area contributed by atoms with Gasteiger partial charge in [0.1, 0.15) is 5.82 Å². The number of hydrogen-bond donors (Lipinski definition) is 2. The first kappa shape index (κ1) is 25.1. The predicted octanol–water partition coefficient (Wildman–Crippen LogP) is 6.14. The van der Waals surface area contributed by atoms with Gasteiger partial charge in [-0.15, -0.1) is 11.3 Å². The number of sulfonamides is 1. The lowest BCUT2D eigenvalue weighted by Gasteiger charge is -2.05. The molecule has 2 aromatic heterocycles.